The summed E-state index contributed by atoms with van der Waals surface area (Å²) in [5, 5.41) is 0. The van der Waals surface area contributed by atoms with Crippen molar-refractivity contribution in [2.24, 2.45) is 0 Å². The third kappa shape index (κ3) is 2.28. The zero-order chi connectivity index (χ0) is 13.1. The molecule has 3 rings (SSSR count). The van der Waals surface area contributed by atoms with E-state index in [1.54, 1.807) is 31.0 Å². The Labute approximate surface area is 111 Å². The van der Waals surface area contributed by atoms with Crippen LogP contribution >= 0.6 is 0 Å². The molecule has 0 fully saturated rings. The van der Waals surface area contributed by atoms with Crippen LogP contribution in [0.1, 0.15) is 0 Å². The number of hydrogen-bond donors (Lipinski definition) is 1. The van der Waals surface area contributed by atoms with Gasteiger partial charge in [-0.2, -0.15) is 0 Å². The van der Waals surface area contributed by atoms with Crippen LogP contribution in [-0.4, -0.2) is 15.0 Å². The van der Waals surface area contributed by atoms with Crippen molar-refractivity contribution in [1.29, 1.82) is 0 Å². The number of rotatable bonds is 2. The molecule has 0 atom stereocenters. The maximum absolute atomic E-state index is 6.11. The third-order valence-electron chi connectivity index (χ3n) is 2.90. The molecule has 0 spiro atoms. The van der Waals surface area contributed by atoms with Crippen LogP contribution in [0.3, 0.4) is 0 Å². The van der Waals surface area contributed by atoms with Crippen molar-refractivity contribution in [3.8, 4) is 22.4 Å². The number of anilines is 1. The fourth-order valence-electron chi connectivity index (χ4n) is 1.92. The first kappa shape index (κ1) is 11.3. The lowest BCUT2D eigenvalue weighted by molar-refractivity contribution is 1.28. The average molecular weight is 248 g/mol. The molecule has 0 saturated carbocycles. The van der Waals surface area contributed by atoms with E-state index in [0.29, 0.717) is 5.69 Å². The molecule has 19 heavy (non-hydrogen) atoms. The summed E-state index contributed by atoms with van der Waals surface area (Å²) in [7, 11) is 0. The van der Waals surface area contributed by atoms with Crippen molar-refractivity contribution in [2.75, 3.05) is 5.73 Å². The van der Waals surface area contributed by atoms with E-state index in [4.69, 9.17) is 5.73 Å². The van der Waals surface area contributed by atoms with Crippen molar-refractivity contribution < 1.29 is 0 Å². The Kier molecular flexibility index (Phi) is 2.90. The Bertz CT molecular complexity index is 681. The van der Waals surface area contributed by atoms with Crippen LogP contribution in [-0.2, 0) is 0 Å². The van der Waals surface area contributed by atoms with Gasteiger partial charge in [-0.15, -0.1) is 0 Å². The second-order valence-electron chi connectivity index (χ2n) is 4.13. The Morgan fingerprint density at radius 2 is 1.37 bits per heavy atom. The van der Waals surface area contributed by atoms with Crippen LogP contribution in [0.15, 0.2) is 61.3 Å². The minimum absolute atomic E-state index is 0.702. The van der Waals surface area contributed by atoms with Crippen LogP contribution in [0, 0.1) is 0 Å². The van der Waals surface area contributed by atoms with E-state index < -0.39 is 0 Å². The van der Waals surface area contributed by atoms with E-state index in [-0.39, 0.29) is 0 Å². The summed E-state index contributed by atoms with van der Waals surface area (Å²) < 4.78 is 0. The first-order valence-electron chi connectivity index (χ1n) is 5.91. The highest BCUT2D eigenvalue weighted by Gasteiger charge is 2.06. The Hall–Kier alpha value is -2.75. The van der Waals surface area contributed by atoms with Gasteiger partial charge in [0, 0.05) is 47.8 Å². The maximum atomic E-state index is 6.11. The van der Waals surface area contributed by atoms with Gasteiger partial charge in [-0.3, -0.25) is 15.0 Å². The monoisotopic (exact) mass is 248 g/mol. The predicted octanol–water partition coefficient (Wildman–Crippen LogP) is 2.79. The van der Waals surface area contributed by atoms with Crippen LogP contribution < -0.4 is 5.73 Å². The maximum Gasteiger partial charge on any atom is 0.0724 e. The molecule has 4 nitrogen and oxygen atoms in total. The molecule has 4 heteroatoms. The lowest BCUT2D eigenvalue weighted by Crippen LogP contribution is -1.94. The van der Waals surface area contributed by atoms with Gasteiger partial charge in [-0.1, -0.05) is 0 Å². The van der Waals surface area contributed by atoms with E-state index in [2.05, 4.69) is 15.0 Å². The molecule has 92 valence electrons. The van der Waals surface area contributed by atoms with Crippen molar-refractivity contribution in [2.45, 2.75) is 0 Å². The van der Waals surface area contributed by atoms with E-state index in [1.807, 2.05) is 30.3 Å². The molecular weight excluding hydrogens is 236 g/mol. The van der Waals surface area contributed by atoms with Gasteiger partial charge in [-0.25, -0.2) is 0 Å². The molecule has 0 aliphatic carbocycles. The molecule has 0 saturated heterocycles. The molecule has 2 N–H and O–H groups in total. The minimum Gasteiger partial charge on any atom is -0.398 e. The lowest BCUT2D eigenvalue weighted by atomic mass is 10.1. The van der Waals surface area contributed by atoms with Gasteiger partial charge < -0.3 is 5.73 Å². The normalized spacial score (nSPS) is 10.3. The number of nitrogens with zero attached hydrogens (tertiary/aromatic N) is 3. The van der Waals surface area contributed by atoms with E-state index in [1.165, 1.54) is 0 Å². The quantitative estimate of drug-likeness (QED) is 0.757. The molecular formula is C15H12N4. The molecule has 0 bridgehead atoms. The summed E-state index contributed by atoms with van der Waals surface area (Å²) in [5.74, 6) is 0. The average Bonchev–Trinajstić information content (AvgIpc) is 2.49. The fourth-order valence-corrected chi connectivity index (χ4v) is 1.92. The highest BCUT2D eigenvalue weighted by Crippen LogP contribution is 2.27. The highest BCUT2D eigenvalue weighted by atomic mass is 14.7. The standard InChI is InChI=1S/C15H12N4/c16-14-9-15(12-3-7-18-8-4-12)19-10-13(14)11-1-5-17-6-2-11/h1-10H,(H2,16,19). The number of aromatic nitrogens is 3. The number of nitrogens with two attached hydrogens (primary N) is 1. The van der Waals surface area contributed by atoms with Gasteiger partial charge in [0.2, 0.25) is 0 Å². The molecule has 0 aliphatic rings. The summed E-state index contributed by atoms with van der Waals surface area (Å²) in [6.07, 6.45) is 8.76. The molecule has 3 aromatic rings. The van der Waals surface area contributed by atoms with Gasteiger partial charge in [0.25, 0.3) is 0 Å². The lowest BCUT2D eigenvalue weighted by Gasteiger charge is -2.07. The van der Waals surface area contributed by atoms with Gasteiger partial charge >= 0.3 is 0 Å². The smallest absolute Gasteiger partial charge is 0.0724 e. The summed E-state index contributed by atoms with van der Waals surface area (Å²) in [5.41, 5.74) is 10.6. The summed E-state index contributed by atoms with van der Waals surface area (Å²) in [6.45, 7) is 0. The summed E-state index contributed by atoms with van der Waals surface area (Å²) in [4.78, 5) is 12.4. The molecule has 3 aromatic heterocycles. The molecule has 0 aromatic carbocycles. The van der Waals surface area contributed by atoms with Crippen molar-refractivity contribution in [3.05, 3.63) is 61.3 Å². The third-order valence-corrected chi connectivity index (χ3v) is 2.90. The topological polar surface area (TPSA) is 64.7 Å². The van der Waals surface area contributed by atoms with Gasteiger partial charge in [-0.05, 0) is 35.9 Å². The van der Waals surface area contributed by atoms with Crippen LogP contribution in [0.5, 0.6) is 0 Å². The molecule has 3 heterocycles. The van der Waals surface area contributed by atoms with Crippen molar-refractivity contribution >= 4 is 5.69 Å². The molecule has 0 amide bonds. The molecule has 0 unspecified atom stereocenters. The van der Waals surface area contributed by atoms with Crippen LogP contribution in [0.25, 0.3) is 22.4 Å². The van der Waals surface area contributed by atoms with E-state index in [0.717, 1.165) is 22.4 Å². The van der Waals surface area contributed by atoms with Gasteiger partial charge in [0.05, 0.1) is 5.69 Å². The first-order valence-corrected chi connectivity index (χ1v) is 5.91. The van der Waals surface area contributed by atoms with Crippen LogP contribution in [0.4, 0.5) is 5.69 Å². The number of pyridine rings is 3. The predicted molar refractivity (Wildman–Crippen MR) is 75.1 cm³/mol. The second-order valence-corrected chi connectivity index (χ2v) is 4.13. The van der Waals surface area contributed by atoms with Gasteiger partial charge in [0.1, 0.15) is 0 Å². The van der Waals surface area contributed by atoms with Crippen molar-refractivity contribution in [1.82, 2.24) is 15.0 Å². The highest BCUT2D eigenvalue weighted by molar-refractivity contribution is 5.78. The van der Waals surface area contributed by atoms with E-state index >= 15 is 0 Å². The Morgan fingerprint density at radius 1 is 0.789 bits per heavy atom. The first-order chi connectivity index (χ1) is 9.34. The SMILES string of the molecule is Nc1cc(-c2ccncc2)ncc1-c1ccncc1. The molecule has 0 aliphatic heterocycles. The largest absolute Gasteiger partial charge is 0.398 e. The van der Waals surface area contributed by atoms with E-state index in [9.17, 15) is 0 Å². The Morgan fingerprint density at radius 3 is 1.95 bits per heavy atom. The summed E-state index contributed by atoms with van der Waals surface area (Å²) >= 11 is 0. The summed E-state index contributed by atoms with van der Waals surface area (Å²) in [6, 6.07) is 9.53. The zero-order valence-electron chi connectivity index (χ0n) is 10.2. The second kappa shape index (κ2) is 4.86. The number of hydrogen-bond acceptors (Lipinski definition) is 4. The zero-order valence-corrected chi connectivity index (χ0v) is 10.2. The fraction of sp³-hybridized carbons (Fsp3) is 0. The molecule has 0 radical (unpaired) electrons. The van der Waals surface area contributed by atoms with Crippen LogP contribution in [0.2, 0.25) is 0 Å². The number of nitrogen functional groups attached to an aromatic ring is 1. The van der Waals surface area contributed by atoms with Gasteiger partial charge in [0.15, 0.2) is 0 Å². The van der Waals surface area contributed by atoms with Crippen molar-refractivity contribution in [3.63, 3.8) is 0 Å². The minimum atomic E-state index is 0.702. The Balaban J connectivity index is 2.04.